The summed E-state index contributed by atoms with van der Waals surface area (Å²) in [4.78, 5) is 2.59. The average Bonchev–Trinajstić information content (AvgIpc) is 2.51. The van der Waals surface area contributed by atoms with Crippen molar-refractivity contribution in [3.8, 4) is 5.75 Å². The van der Waals surface area contributed by atoms with Gasteiger partial charge in [-0.25, -0.2) is 0 Å². The second-order valence-corrected chi connectivity index (χ2v) is 7.09. The summed E-state index contributed by atoms with van der Waals surface area (Å²) >= 11 is 0. The van der Waals surface area contributed by atoms with Crippen LogP contribution in [-0.2, 0) is 11.8 Å². The highest BCUT2D eigenvalue weighted by Gasteiger charge is 2.53. The first-order valence-electron chi connectivity index (χ1n) is 8.45. The third-order valence-corrected chi connectivity index (χ3v) is 6.20. The monoisotopic (exact) mass is 283 g/mol. The standard InChI is InChI=1S/C19H25NO/c1-2-10-20-11-9-19-8-4-3-5-16(19)18(20)12-14-6-7-15(21)13-17(14)19/h2,6-7,10,13,16,18,21H,3-5,8-9,11-12H2,1H3/b10-2-/t16-,18+,19+/m0/s1. The molecule has 2 fully saturated rings. The predicted molar refractivity (Wildman–Crippen MR) is 85.4 cm³/mol. The molecule has 3 aliphatic rings. The number of allylic oxidation sites excluding steroid dienone is 1. The number of aromatic hydroxyl groups is 1. The number of likely N-dealkylation sites (tertiary alicyclic amines) is 1. The van der Waals surface area contributed by atoms with Crippen molar-refractivity contribution in [1.82, 2.24) is 4.90 Å². The highest BCUT2D eigenvalue weighted by molar-refractivity contribution is 5.45. The van der Waals surface area contributed by atoms with Gasteiger partial charge in [0.25, 0.3) is 0 Å². The quantitative estimate of drug-likeness (QED) is 0.842. The number of hydrogen-bond acceptors (Lipinski definition) is 2. The Labute approximate surface area is 127 Å². The Hall–Kier alpha value is -1.44. The highest BCUT2D eigenvalue weighted by Crippen LogP contribution is 2.56. The van der Waals surface area contributed by atoms with Crippen LogP contribution in [0.4, 0.5) is 0 Å². The van der Waals surface area contributed by atoms with Gasteiger partial charge >= 0.3 is 0 Å². The van der Waals surface area contributed by atoms with E-state index in [1.807, 2.05) is 6.07 Å². The summed E-state index contributed by atoms with van der Waals surface area (Å²) < 4.78 is 0. The first-order valence-corrected chi connectivity index (χ1v) is 8.45. The molecule has 21 heavy (non-hydrogen) atoms. The molecule has 1 aliphatic heterocycles. The summed E-state index contributed by atoms with van der Waals surface area (Å²) in [6.45, 7) is 3.29. The molecule has 3 atom stereocenters. The lowest BCUT2D eigenvalue weighted by molar-refractivity contribution is 0.0137. The molecule has 2 bridgehead atoms. The normalized spacial score (nSPS) is 34.6. The molecular formula is C19H25NO. The van der Waals surface area contributed by atoms with Crippen LogP contribution in [0, 0.1) is 5.92 Å². The molecule has 1 N–H and O–H groups in total. The Bertz CT molecular complexity index is 579. The van der Waals surface area contributed by atoms with Crippen LogP contribution in [0.2, 0.25) is 0 Å². The van der Waals surface area contributed by atoms with E-state index in [9.17, 15) is 5.11 Å². The van der Waals surface area contributed by atoms with E-state index in [0.29, 0.717) is 17.2 Å². The van der Waals surface area contributed by atoms with Gasteiger partial charge in [0.15, 0.2) is 0 Å². The van der Waals surface area contributed by atoms with Gasteiger partial charge in [0.2, 0.25) is 0 Å². The third kappa shape index (κ3) is 1.84. The fraction of sp³-hybridized carbons (Fsp3) is 0.579. The molecule has 2 nitrogen and oxygen atoms in total. The number of benzene rings is 1. The minimum Gasteiger partial charge on any atom is -0.508 e. The largest absolute Gasteiger partial charge is 0.508 e. The van der Waals surface area contributed by atoms with Crippen LogP contribution in [0.25, 0.3) is 0 Å². The molecule has 0 unspecified atom stereocenters. The molecule has 2 heteroatoms. The fourth-order valence-corrected chi connectivity index (χ4v) is 5.40. The first-order chi connectivity index (χ1) is 10.2. The molecule has 4 rings (SSSR count). The smallest absolute Gasteiger partial charge is 0.115 e. The van der Waals surface area contributed by atoms with E-state index >= 15 is 0 Å². The molecule has 1 saturated heterocycles. The number of phenolic OH excluding ortho intramolecular Hbond substituents is 1. The van der Waals surface area contributed by atoms with Gasteiger partial charge in [0.05, 0.1) is 0 Å². The van der Waals surface area contributed by atoms with Crippen LogP contribution in [0.5, 0.6) is 5.75 Å². The van der Waals surface area contributed by atoms with E-state index in [2.05, 4.69) is 36.2 Å². The molecule has 1 heterocycles. The minimum absolute atomic E-state index is 0.341. The lowest BCUT2D eigenvalue weighted by atomic mass is 9.52. The molecular weight excluding hydrogens is 258 g/mol. The lowest BCUT2D eigenvalue weighted by Gasteiger charge is -2.59. The summed E-state index contributed by atoms with van der Waals surface area (Å²) in [5.74, 6) is 1.22. The number of nitrogens with zero attached hydrogens (tertiary/aromatic N) is 1. The van der Waals surface area contributed by atoms with Crippen LogP contribution in [-0.4, -0.2) is 22.6 Å². The average molecular weight is 283 g/mol. The fourth-order valence-electron chi connectivity index (χ4n) is 5.40. The Morgan fingerprint density at radius 3 is 3.05 bits per heavy atom. The molecule has 1 aromatic rings. The number of phenols is 1. The topological polar surface area (TPSA) is 23.5 Å². The van der Waals surface area contributed by atoms with E-state index in [1.165, 1.54) is 49.8 Å². The van der Waals surface area contributed by atoms with Crippen molar-refractivity contribution in [1.29, 1.82) is 0 Å². The molecule has 112 valence electrons. The van der Waals surface area contributed by atoms with Crippen LogP contribution in [0.15, 0.2) is 30.5 Å². The van der Waals surface area contributed by atoms with Crippen LogP contribution in [0.1, 0.15) is 50.2 Å². The van der Waals surface area contributed by atoms with Gasteiger partial charge < -0.3 is 10.0 Å². The second-order valence-electron chi connectivity index (χ2n) is 7.09. The van der Waals surface area contributed by atoms with Gasteiger partial charge in [-0.1, -0.05) is 25.0 Å². The minimum atomic E-state index is 0.341. The van der Waals surface area contributed by atoms with Gasteiger partial charge in [0.1, 0.15) is 5.75 Å². The van der Waals surface area contributed by atoms with Gasteiger partial charge in [-0.05, 0) is 68.0 Å². The summed E-state index contributed by atoms with van der Waals surface area (Å²) in [6.07, 6.45) is 12.3. The van der Waals surface area contributed by atoms with Crippen molar-refractivity contribution in [2.75, 3.05) is 6.54 Å². The van der Waals surface area contributed by atoms with Crippen molar-refractivity contribution >= 4 is 0 Å². The molecule has 1 saturated carbocycles. The zero-order valence-corrected chi connectivity index (χ0v) is 12.9. The van der Waals surface area contributed by atoms with Crippen molar-refractivity contribution in [3.63, 3.8) is 0 Å². The summed E-state index contributed by atoms with van der Waals surface area (Å²) in [5.41, 5.74) is 3.29. The summed E-state index contributed by atoms with van der Waals surface area (Å²) in [6, 6.07) is 6.78. The maximum absolute atomic E-state index is 9.99. The molecule has 2 aliphatic carbocycles. The maximum atomic E-state index is 9.99. The Morgan fingerprint density at radius 2 is 2.19 bits per heavy atom. The van der Waals surface area contributed by atoms with E-state index in [4.69, 9.17) is 0 Å². The van der Waals surface area contributed by atoms with E-state index in [0.717, 1.165) is 12.3 Å². The Morgan fingerprint density at radius 1 is 1.29 bits per heavy atom. The number of rotatable bonds is 1. The van der Waals surface area contributed by atoms with Gasteiger partial charge in [-0.3, -0.25) is 0 Å². The van der Waals surface area contributed by atoms with Crippen LogP contribution < -0.4 is 0 Å². The van der Waals surface area contributed by atoms with Crippen molar-refractivity contribution in [2.24, 2.45) is 5.92 Å². The Kier molecular flexibility index (Phi) is 3.02. The zero-order chi connectivity index (χ0) is 14.4. The zero-order valence-electron chi connectivity index (χ0n) is 12.9. The SMILES string of the molecule is C/C=C\N1CC[C@]23CCCC[C@H]2[C@H]1Cc1ccc(O)cc13. The second kappa shape index (κ2) is 4.79. The van der Waals surface area contributed by atoms with E-state index in [-0.39, 0.29) is 0 Å². The van der Waals surface area contributed by atoms with Crippen LogP contribution >= 0.6 is 0 Å². The van der Waals surface area contributed by atoms with Crippen molar-refractivity contribution in [2.45, 2.75) is 56.9 Å². The van der Waals surface area contributed by atoms with Gasteiger partial charge in [-0.15, -0.1) is 0 Å². The number of fused-ring (bicyclic) bond motifs is 1. The van der Waals surface area contributed by atoms with Gasteiger partial charge in [-0.2, -0.15) is 0 Å². The summed E-state index contributed by atoms with van der Waals surface area (Å²) in [7, 11) is 0. The maximum Gasteiger partial charge on any atom is 0.115 e. The molecule has 0 amide bonds. The molecule has 0 spiro atoms. The summed E-state index contributed by atoms with van der Waals surface area (Å²) in [5, 5.41) is 9.99. The Balaban J connectivity index is 1.85. The van der Waals surface area contributed by atoms with E-state index in [1.54, 1.807) is 0 Å². The van der Waals surface area contributed by atoms with Crippen LogP contribution in [0.3, 0.4) is 0 Å². The van der Waals surface area contributed by atoms with E-state index < -0.39 is 0 Å². The third-order valence-electron chi connectivity index (χ3n) is 6.20. The highest BCUT2D eigenvalue weighted by atomic mass is 16.3. The molecule has 0 aromatic heterocycles. The van der Waals surface area contributed by atoms with Crippen molar-refractivity contribution < 1.29 is 5.11 Å². The van der Waals surface area contributed by atoms with Gasteiger partial charge in [0, 0.05) is 18.0 Å². The molecule has 0 radical (unpaired) electrons. The molecule has 1 aromatic carbocycles. The predicted octanol–water partition coefficient (Wildman–Crippen LogP) is 3.98. The van der Waals surface area contributed by atoms with Crippen molar-refractivity contribution in [3.05, 3.63) is 41.6 Å². The lowest BCUT2D eigenvalue weighted by Crippen LogP contribution is -2.59. The first kappa shape index (κ1) is 13.2. The number of hydrogen-bond donors (Lipinski definition) is 1. The number of piperidine rings is 1.